The van der Waals surface area contributed by atoms with E-state index in [2.05, 4.69) is 10.6 Å². The maximum absolute atomic E-state index is 12.8. The van der Waals surface area contributed by atoms with E-state index >= 15 is 0 Å². The molecule has 4 N–H and O–H groups in total. The van der Waals surface area contributed by atoms with Crippen molar-refractivity contribution in [3.8, 4) is 0 Å². The summed E-state index contributed by atoms with van der Waals surface area (Å²) >= 11 is 0. The summed E-state index contributed by atoms with van der Waals surface area (Å²) in [4.78, 5) is 21.8. The Labute approximate surface area is 91.8 Å². The minimum atomic E-state index is -0.542. The topological polar surface area (TPSA) is 84.2 Å². The number of amides is 2. The molecule has 2 amide bonds. The third-order valence-corrected chi connectivity index (χ3v) is 1.78. The number of nitrogen functional groups attached to an aromatic ring is 1. The number of nitrogens with two attached hydrogens (primary N) is 1. The molecular weight excluding hydrogens is 213 g/mol. The van der Waals surface area contributed by atoms with Crippen molar-refractivity contribution in [1.82, 2.24) is 5.32 Å². The van der Waals surface area contributed by atoms with Gasteiger partial charge in [0.1, 0.15) is 5.82 Å². The number of hydrogen-bond donors (Lipinski definition) is 3. The second-order valence-corrected chi connectivity index (χ2v) is 3.19. The zero-order chi connectivity index (χ0) is 12.1. The average molecular weight is 225 g/mol. The van der Waals surface area contributed by atoms with Crippen LogP contribution in [-0.4, -0.2) is 18.4 Å². The summed E-state index contributed by atoms with van der Waals surface area (Å²) in [6.07, 6.45) is 0. The molecule has 0 fully saturated rings. The van der Waals surface area contributed by atoms with Gasteiger partial charge in [0.25, 0.3) is 0 Å². The van der Waals surface area contributed by atoms with Crippen molar-refractivity contribution in [3.63, 3.8) is 0 Å². The number of anilines is 2. The van der Waals surface area contributed by atoms with E-state index in [-0.39, 0.29) is 18.1 Å². The van der Waals surface area contributed by atoms with Crippen LogP contribution in [0.1, 0.15) is 6.92 Å². The van der Waals surface area contributed by atoms with E-state index in [4.69, 9.17) is 5.73 Å². The van der Waals surface area contributed by atoms with Crippen LogP contribution in [-0.2, 0) is 9.59 Å². The van der Waals surface area contributed by atoms with Gasteiger partial charge in [-0.1, -0.05) is 0 Å². The lowest BCUT2D eigenvalue weighted by atomic mass is 10.2. The van der Waals surface area contributed by atoms with Gasteiger partial charge in [0, 0.05) is 12.6 Å². The van der Waals surface area contributed by atoms with Crippen LogP contribution in [0, 0.1) is 5.82 Å². The van der Waals surface area contributed by atoms with E-state index in [0.29, 0.717) is 5.69 Å². The molecule has 0 saturated heterocycles. The van der Waals surface area contributed by atoms with Gasteiger partial charge in [-0.25, -0.2) is 4.39 Å². The van der Waals surface area contributed by atoms with Gasteiger partial charge in [-0.2, -0.15) is 0 Å². The van der Waals surface area contributed by atoms with E-state index in [1.165, 1.54) is 19.1 Å². The van der Waals surface area contributed by atoms with Gasteiger partial charge >= 0.3 is 0 Å². The normalized spacial score (nSPS) is 9.62. The van der Waals surface area contributed by atoms with Crippen LogP contribution in [0.25, 0.3) is 0 Å². The maximum Gasteiger partial charge on any atom is 0.243 e. The standard InChI is InChI=1S/C10H12FN3O2/c1-6(15)13-5-10(16)14-7-2-3-8(11)9(12)4-7/h2-4H,5,12H2,1H3,(H,13,15)(H,14,16). The highest BCUT2D eigenvalue weighted by atomic mass is 19.1. The first-order valence-electron chi connectivity index (χ1n) is 4.58. The van der Waals surface area contributed by atoms with Gasteiger partial charge in [-0.15, -0.1) is 0 Å². The summed E-state index contributed by atoms with van der Waals surface area (Å²) < 4.78 is 12.8. The highest BCUT2D eigenvalue weighted by Crippen LogP contribution is 2.15. The fraction of sp³-hybridized carbons (Fsp3) is 0.200. The molecule has 5 nitrogen and oxygen atoms in total. The summed E-state index contributed by atoms with van der Waals surface area (Å²) in [5, 5.41) is 4.80. The van der Waals surface area contributed by atoms with Crippen LogP contribution >= 0.6 is 0 Å². The Morgan fingerprint density at radius 2 is 2.12 bits per heavy atom. The van der Waals surface area contributed by atoms with Gasteiger partial charge < -0.3 is 16.4 Å². The van der Waals surface area contributed by atoms with Crippen LogP contribution < -0.4 is 16.4 Å². The number of nitrogens with one attached hydrogen (secondary N) is 2. The van der Waals surface area contributed by atoms with Crippen molar-refractivity contribution < 1.29 is 14.0 Å². The van der Waals surface area contributed by atoms with Gasteiger partial charge in [0.05, 0.1) is 12.2 Å². The largest absolute Gasteiger partial charge is 0.396 e. The third-order valence-electron chi connectivity index (χ3n) is 1.78. The van der Waals surface area contributed by atoms with E-state index < -0.39 is 11.7 Å². The fourth-order valence-electron chi connectivity index (χ4n) is 1.03. The highest BCUT2D eigenvalue weighted by molar-refractivity contribution is 5.94. The second kappa shape index (κ2) is 5.11. The van der Waals surface area contributed by atoms with Crippen LogP contribution in [0.3, 0.4) is 0 Å². The quantitative estimate of drug-likeness (QED) is 0.654. The molecule has 0 spiro atoms. The number of rotatable bonds is 3. The third kappa shape index (κ3) is 3.56. The van der Waals surface area contributed by atoms with Crippen molar-refractivity contribution in [2.45, 2.75) is 6.92 Å². The maximum atomic E-state index is 12.8. The molecule has 86 valence electrons. The van der Waals surface area contributed by atoms with E-state index in [9.17, 15) is 14.0 Å². The Kier molecular flexibility index (Phi) is 3.82. The molecule has 0 aromatic heterocycles. The number of benzene rings is 1. The molecule has 1 rings (SSSR count). The van der Waals surface area contributed by atoms with Crippen LogP contribution in [0.4, 0.5) is 15.8 Å². The fourth-order valence-corrected chi connectivity index (χ4v) is 1.03. The van der Waals surface area contributed by atoms with E-state index in [1.807, 2.05) is 0 Å². The van der Waals surface area contributed by atoms with Crippen molar-refractivity contribution in [3.05, 3.63) is 24.0 Å². The lowest BCUT2D eigenvalue weighted by Crippen LogP contribution is -2.31. The lowest BCUT2D eigenvalue weighted by Gasteiger charge is -2.06. The number of carbonyl (C=O) groups is 2. The van der Waals surface area contributed by atoms with E-state index in [0.717, 1.165) is 6.07 Å². The van der Waals surface area contributed by atoms with Crippen molar-refractivity contribution in [2.75, 3.05) is 17.6 Å². The van der Waals surface area contributed by atoms with Crippen LogP contribution in [0.5, 0.6) is 0 Å². The summed E-state index contributed by atoms with van der Waals surface area (Å²) in [6.45, 7) is 1.18. The lowest BCUT2D eigenvalue weighted by molar-refractivity contribution is -0.122. The van der Waals surface area contributed by atoms with Gasteiger partial charge in [0.2, 0.25) is 11.8 Å². The monoisotopic (exact) mass is 225 g/mol. The Hall–Kier alpha value is -2.11. The molecule has 1 aromatic carbocycles. The predicted molar refractivity (Wildman–Crippen MR) is 58.1 cm³/mol. The molecular formula is C10H12FN3O2. The molecule has 0 heterocycles. The van der Waals surface area contributed by atoms with Gasteiger partial charge in [0.15, 0.2) is 0 Å². The number of halogens is 1. The molecule has 0 aliphatic heterocycles. The second-order valence-electron chi connectivity index (χ2n) is 3.19. The molecule has 6 heteroatoms. The highest BCUT2D eigenvalue weighted by Gasteiger charge is 2.04. The molecule has 0 unspecified atom stereocenters. The smallest absolute Gasteiger partial charge is 0.243 e. The SMILES string of the molecule is CC(=O)NCC(=O)Nc1ccc(F)c(N)c1. The van der Waals surface area contributed by atoms with Crippen molar-refractivity contribution >= 4 is 23.2 Å². The molecule has 0 aliphatic carbocycles. The predicted octanol–water partition coefficient (Wildman–Crippen LogP) is 0.482. The van der Waals surface area contributed by atoms with Gasteiger partial charge in [-0.3, -0.25) is 9.59 Å². The van der Waals surface area contributed by atoms with E-state index in [1.54, 1.807) is 0 Å². The number of carbonyl (C=O) groups excluding carboxylic acids is 2. The van der Waals surface area contributed by atoms with Crippen LogP contribution in [0.15, 0.2) is 18.2 Å². The molecule has 0 bridgehead atoms. The molecule has 1 aromatic rings. The number of hydrogen-bond acceptors (Lipinski definition) is 3. The van der Waals surface area contributed by atoms with Crippen LogP contribution in [0.2, 0.25) is 0 Å². The Morgan fingerprint density at radius 3 is 2.69 bits per heavy atom. The van der Waals surface area contributed by atoms with Crippen molar-refractivity contribution in [1.29, 1.82) is 0 Å². The molecule has 0 aliphatic rings. The first-order valence-corrected chi connectivity index (χ1v) is 4.58. The first-order chi connectivity index (χ1) is 7.49. The van der Waals surface area contributed by atoms with Crippen molar-refractivity contribution in [2.24, 2.45) is 0 Å². The summed E-state index contributed by atoms with van der Waals surface area (Å²) in [5.41, 5.74) is 5.66. The summed E-state index contributed by atoms with van der Waals surface area (Å²) in [6, 6.07) is 3.85. The minimum Gasteiger partial charge on any atom is -0.396 e. The molecule has 16 heavy (non-hydrogen) atoms. The Morgan fingerprint density at radius 1 is 1.44 bits per heavy atom. The average Bonchev–Trinajstić information content (AvgIpc) is 2.21. The molecule has 0 atom stereocenters. The Balaban J connectivity index is 2.56. The minimum absolute atomic E-state index is 0.0441. The summed E-state index contributed by atoms with van der Waals surface area (Å²) in [5.74, 6) is -1.24. The summed E-state index contributed by atoms with van der Waals surface area (Å²) in [7, 11) is 0. The Bertz CT molecular complexity index is 421. The van der Waals surface area contributed by atoms with Gasteiger partial charge in [-0.05, 0) is 18.2 Å². The first kappa shape index (κ1) is 12.0. The molecule has 0 radical (unpaired) electrons. The zero-order valence-corrected chi connectivity index (χ0v) is 8.71. The molecule has 0 saturated carbocycles. The zero-order valence-electron chi connectivity index (χ0n) is 8.71.